The number of nitrogens with one attached hydrogen (secondary N) is 1. The maximum absolute atomic E-state index is 13.9. The second kappa shape index (κ2) is 8.83. The second-order valence-corrected chi connectivity index (χ2v) is 9.28. The number of halogens is 1. The largest absolute Gasteiger partial charge is 0.486 e. The van der Waals surface area contributed by atoms with E-state index in [-0.39, 0.29) is 11.5 Å². The summed E-state index contributed by atoms with van der Waals surface area (Å²) in [6.45, 7) is 4.99. The number of rotatable bonds is 4. The van der Waals surface area contributed by atoms with Gasteiger partial charge in [-0.1, -0.05) is 6.07 Å². The minimum Gasteiger partial charge on any atom is -0.486 e. The first kappa shape index (κ1) is 21.3. The zero-order valence-corrected chi connectivity index (χ0v) is 19.2. The number of imidazole rings is 1. The molecule has 9 heteroatoms. The summed E-state index contributed by atoms with van der Waals surface area (Å²) in [6.07, 6.45) is 2.05. The summed E-state index contributed by atoms with van der Waals surface area (Å²) in [6, 6.07) is 10.6. The number of fused-ring (bicyclic) bond motifs is 3. The van der Waals surface area contributed by atoms with Gasteiger partial charge in [0.15, 0.2) is 0 Å². The van der Waals surface area contributed by atoms with E-state index < -0.39 is 0 Å². The van der Waals surface area contributed by atoms with Crippen molar-refractivity contribution in [1.29, 1.82) is 0 Å². The zero-order valence-electron chi connectivity index (χ0n) is 18.4. The van der Waals surface area contributed by atoms with Gasteiger partial charge in [0.2, 0.25) is 0 Å². The number of thiazole rings is 1. The molecule has 7 nitrogen and oxygen atoms in total. The van der Waals surface area contributed by atoms with Gasteiger partial charge < -0.3 is 14.5 Å². The molecule has 0 saturated carbocycles. The van der Waals surface area contributed by atoms with Crippen LogP contribution in [-0.4, -0.2) is 52.3 Å². The molecular formula is C25H23FN4O3S. The molecule has 4 heterocycles. The van der Waals surface area contributed by atoms with Crippen molar-refractivity contribution in [3.05, 3.63) is 79.9 Å². The molecule has 4 aromatic rings. The van der Waals surface area contributed by atoms with Crippen LogP contribution in [0.4, 0.5) is 4.39 Å². The van der Waals surface area contributed by atoms with Crippen molar-refractivity contribution < 1.29 is 13.9 Å². The van der Waals surface area contributed by atoms with Crippen LogP contribution in [0, 0.1) is 5.82 Å². The van der Waals surface area contributed by atoms with E-state index in [1.54, 1.807) is 16.1 Å². The normalized spacial score (nSPS) is 17.4. The summed E-state index contributed by atoms with van der Waals surface area (Å²) >= 11 is 1.54. The molecule has 0 spiro atoms. The fourth-order valence-corrected chi connectivity index (χ4v) is 5.40. The Labute approximate surface area is 199 Å². The molecule has 0 bridgehead atoms. The van der Waals surface area contributed by atoms with Crippen molar-refractivity contribution in [3.63, 3.8) is 0 Å². The first-order valence-corrected chi connectivity index (χ1v) is 12.1. The van der Waals surface area contributed by atoms with Gasteiger partial charge in [-0.25, -0.2) is 14.2 Å². The lowest BCUT2D eigenvalue weighted by atomic mass is 9.99. The van der Waals surface area contributed by atoms with Crippen LogP contribution in [0.3, 0.4) is 0 Å². The third-order valence-corrected chi connectivity index (χ3v) is 7.24. The number of H-pyrrole nitrogens is 1. The van der Waals surface area contributed by atoms with Gasteiger partial charge in [0.25, 0.3) is 0 Å². The molecule has 0 atom stereocenters. The fourth-order valence-electron chi connectivity index (χ4n) is 4.57. The highest BCUT2D eigenvalue weighted by Crippen LogP contribution is 2.40. The smallest absolute Gasteiger partial charge is 0.326 e. The molecule has 174 valence electrons. The predicted octanol–water partition coefficient (Wildman–Crippen LogP) is 3.74. The molecule has 0 aliphatic carbocycles. The summed E-state index contributed by atoms with van der Waals surface area (Å²) < 4.78 is 26.9. The molecule has 1 saturated heterocycles. The molecule has 6 rings (SSSR count). The van der Waals surface area contributed by atoms with Crippen LogP contribution >= 0.6 is 11.3 Å². The zero-order chi connectivity index (χ0) is 23.1. The van der Waals surface area contributed by atoms with Crippen molar-refractivity contribution >= 4 is 34.0 Å². The Bertz CT molecular complexity index is 1450. The van der Waals surface area contributed by atoms with E-state index in [1.807, 2.05) is 24.3 Å². The van der Waals surface area contributed by atoms with E-state index in [0.717, 1.165) is 71.2 Å². The molecule has 0 unspecified atom stereocenters. The van der Waals surface area contributed by atoms with Gasteiger partial charge in [-0.2, -0.15) is 0 Å². The molecule has 0 radical (unpaired) electrons. The van der Waals surface area contributed by atoms with Gasteiger partial charge in [0.05, 0.1) is 40.3 Å². The van der Waals surface area contributed by atoms with Crippen LogP contribution in [0.2, 0.25) is 0 Å². The number of benzene rings is 2. The maximum atomic E-state index is 13.9. The SMILES string of the molecule is O=c1[nH]c2cc(C=C3c4ccc(F)cc4OCc4ncsc43)ccc2n1CCN1CCOCC1. The van der Waals surface area contributed by atoms with Crippen LogP contribution < -0.4 is 10.4 Å². The van der Waals surface area contributed by atoms with Gasteiger partial charge in [0.1, 0.15) is 18.2 Å². The van der Waals surface area contributed by atoms with Crippen LogP contribution in [-0.2, 0) is 17.9 Å². The summed E-state index contributed by atoms with van der Waals surface area (Å²) in [4.78, 5) is 23.4. The third-order valence-electron chi connectivity index (χ3n) is 6.34. The lowest BCUT2D eigenvalue weighted by Crippen LogP contribution is -2.39. The van der Waals surface area contributed by atoms with Gasteiger partial charge >= 0.3 is 5.69 Å². The van der Waals surface area contributed by atoms with Gasteiger partial charge in [-0.05, 0) is 35.9 Å². The highest BCUT2D eigenvalue weighted by Gasteiger charge is 2.22. The Morgan fingerprint density at radius 2 is 2.03 bits per heavy atom. The van der Waals surface area contributed by atoms with Crippen molar-refractivity contribution in [2.45, 2.75) is 13.2 Å². The minimum atomic E-state index is -0.339. The number of nitrogens with zero attached hydrogens (tertiary/aromatic N) is 3. The second-order valence-electron chi connectivity index (χ2n) is 8.43. The minimum absolute atomic E-state index is 0.110. The number of hydrogen-bond acceptors (Lipinski definition) is 6. The van der Waals surface area contributed by atoms with E-state index in [9.17, 15) is 9.18 Å². The Morgan fingerprint density at radius 1 is 1.15 bits per heavy atom. The summed E-state index contributed by atoms with van der Waals surface area (Å²) in [7, 11) is 0. The van der Waals surface area contributed by atoms with Gasteiger partial charge in [-0.15, -0.1) is 11.3 Å². The molecule has 1 N–H and O–H groups in total. The third kappa shape index (κ3) is 3.96. The highest BCUT2D eigenvalue weighted by atomic mass is 32.1. The molecular weight excluding hydrogens is 455 g/mol. The quantitative estimate of drug-likeness (QED) is 0.484. The van der Waals surface area contributed by atoms with Gasteiger partial charge in [-0.3, -0.25) is 9.47 Å². The topological polar surface area (TPSA) is 72.4 Å². The molecule has 2 aliphatic rings. The van der Waals surface area contributed by atoms with E-state index in [1.165, 1.54) is 23.5 Å². The standard InChI is InChI=1S/C25H23FN4O3S/c26-17-2-3-18-19(24-21(27-15-34-24)14-33-23(18)13-17)11-16-1-4-22-20(12-16)28-25(31)30(22)6-5-29-7-9-32-10-8-29/h1-4,11-13,15H,5-10,14H2,(H,28,31). The van der Waals surface area contributed by atoms with E-state index in [2.05, 4.69) is 14.9 Å². The summed E-state index contributed by atoms with van der Waals surface area (Å²) in [5.41, 5.74) is 6.87. The van der Waals surface area contributed by atoms with Crippen molar-refractivity contribution in [2.24, 2.45) is 0 Å². The fraction of sp³-hybridized carbons (Fsp3) is 0.280. The van der Waals surface area contributed by atoms with Crippen molar-refractivity contribution in [1.82, 2.24) is 19.4 Å². The summed E-state index contributed by atoms with van der Waals surface area (Å²) in [5, 5.41) is 0. The molecule has 34 heavy (non-hydrogen) atoms. The van der Waals surface area contributed by atoms with Gasteiger partial charge in [0, 0.05) is 43.4 Å². The average molecular weight is 479 g/mol. The first-order chi connectivity index (χ1) is 16.7. The monoisotopic (exact) mass is 478 g/mol. The van der Waals surface area contributed by atoms with Crippen molar-refractivity contribution in [3.8, 4) is 5.75 Å². The summed E-state index contributed by atoms with van der Waals surface area (Å²) in [5.74, 6) is 0.161. The predicted molar refractivity (Wildman–Crippen MR) is 130 cm³/mol. The van der Waals surface area contributed by atoms with Crippen LogP contribution in [0.5, 0.6) is 5.75 Å². The Kier molecular flexibility index (Phi) is 5.52. The number of hydrogen-bond donors (Lipinski definition) is 1. The van der Waals surface area contributed by atoms with Crippen molar-refractivity contribution in [2.75, 3.05) is 32.8 Å². The molecule has 2 aromatic carbocycles. The number of aromatic nitrogens is 3. The van der Waals surface area contributed by atoms with E-state index >= 15 is 0 Å². The molecule has 1 fully saturated rings. The van der Waals surface area contributed by atoms with E-state index in [4.69, 9.17) is 9.47 Å². The average Bonchev–Trinajstić information content (AvgIpc) is 3.40. The maximum Gasteiger partial charge on any atom is 0.326 e. The number of ether oxygens (including phenoxy) is 2. The molecule has 2 aromatic heterocycles. The number of morpholine rings is 1. The molecule has 0 amide bonds. The Morgan fingerprint density at radius 3 is 2.91 bits per heavy atom. The number of aromatic amines is 1. The van der Waals surface area contributed by atoms with Crippen LogP contribution in [0.25, 0.3) is 22.7 Å². The Balaban J connectivity index is 1.37. The lowest BCUT2D eigenvalue weighted by Gasteiger charge is -2.26. The van der Waals surface area contributed by atoms with Crippen LogP contribution in [0.1, 0.15) is 21.7 Å². The highest BCUT2D eigenvalue weighted by molar-refractivity contribution is 7.11. The Hall–Kier alpha value is -3.27. The lowest BCUT2D eigenvalue weighted by molar-refractivity contribution is 0.0364. The molecule has 2 aliphatic heterocycles. The van der Waals surface area contributed by atoms with E-state index in [0.29, 0.717) is 18.9 Å². The first-order valence-electron chi connectivity index (χ1n) is 11.3. The van der Waals surface area contributed by atoms with Crippen LogP contribution in [0.15, 0.2) is 46.7 Å².